The van der Waals surface area contributed by atoms with Gasteiger partial charge in [0.05, 0.1) is 12.2 Å². The average molecular weight is 231 g/mol. The molecule has 80 valence electrons. The normalized spacial score (nSPS) is 8.25. The lowest BCUT2D eigenvalue weighted by Crippen LogP contribution is -2.19. The van der Waals surface area contributed by atoms with E-state index in [1.165, 1.54) is 0 Å². The molecule has 6 heteroatoms. The topological polar surface area (TPSA) is 86.8 Å². The highest BCUT2D eigenvalue weighted by atomic mass is 32.1. The van der Waals surface area contributed by atoms with Crippen molar-refractivity contribution >= 4 is 23.0 Å². The highest BCUT2D eigenvalue weighted by Gasteiger charge is 1.97. The third kappa shape index (κ3) is 3.88. The van der Waals surface area contributed by atoms with Crippen LogP contribution in [0.1, 0.15) is 5.56 Å². The minimum absolute atomic E-state index is 0.137. The maximum Gasteiger partial charge on any atom is 0.168 e. The average Bonchev–Trinajstić information content (AvgIpc) is 2.26. The zero-order valence-electron chi connectivity index (χ0n) is 8.34. The Hall–Kier alpha value is -2.22. The van der Waals surface area contributed by atoms with Crippen LogP contribution in [0.2, 0.25) is 0 Å². The van der Waals surface area contributed by atoms with Gasteiger partial charge in [-0.05, 0) is 29.9 Å². The van der Waals surface area contributed by atoms with Crippen LogP contribution in [0.15, 0.2) is 29.4 Å². The maximum atomic E-state index is 8.08. The number of thiocarbonyl (C=S) groups is 1. The van der Waals surface area contributed by atoms with E-state index in [0.29, 0.717) is 0 Å². The second-order valence-corrected chi connectivity index (χ2v) is 3.17. The van der Waals surface area contributed by atoms with Crippen LogP contribution in [0.25, 0.3) is 10.4 Å². The quantitative estimate of drug-likeness (QED) is 0.268. The van der Waals surface area contributed by atoms with Crippen molar-refractivity contribution in [2.24, 2.45) is 10.8 Å². The number of nitrogens with zero attached hydrogens (tertiary/aromatic N) is 3. The predicted octanol–water partition coefficient (Wildman–Crippen LogP) is 2.00. The highest BCUT2D eigenvalue weighted by Crippen LogP contribution is 2.12. The fourth-order valence-electron chi connectivity index (χ4n) is 1.04. The van der Waals surface area contributed by atoms with E-state index in [9.17, 15) is 0 Å². The van der Waals surface area contributed by atoms with Gasteiger partial charge in [0.15, 0.2) is 5.11 Å². The lowest BCUT2D eigenvalue weighted by Gasteiger charge is -2.05. The van der Waals surface area contributed by atoms with Gasteiger partial charge in [0.25, 0.3) is 0 Å². The molecule has 0 heterocycles. The number of nitrogens with one attached hydrogen (secondary N) is 1. The summed E-state index contributed by atoms with van der Waals surface area (Å²) >= 11 is 4.74. The van der Waals surface area contributed by atoms with Crippen molar-refractivity contribution < 1.29 is 0 Å². The van der Waals surface area contributed by atoms with Crippen LogP contribution in [-0.2, 0) is 0 Å². The third-order valence-electron chi connectivity index (χ3n) is 1.62. The Bertz CT molecular complexity index is 493. The minimum atomic E-state index is 0.137. The Balaban J connectivity index is 2.88. The number of anilines is 1. The zero-order chi connectivity index (χ0) is 11.8. The summed E-state index contributed by atoms with van der Waals surface area (Å²) in [5.41, 5.74) is 14.9. The van der Waals surface area contributed by atoms with Crippen LogP contribution in [0.4, 0.5) is 5.69 Å². The highest BCUT2D eigenvalue weighted by molar-refractivity contribution is 7.80. The van der Waals surface area contributed by atoms with Gasteiger partial charge < -0.3 is 11.1 Å². The van der Waals surface area contributed by atoms with Gasteiger partial charge in [-0.2, -0.15) is 0 Å². The number of benzene rings is 1. The molecule has 0 aliphatic carbocycles. The van der Waals surface area contributed by atoms with E-state index < -0.39 is 0 Å². The second-order valence-electron chi connectivity index (χ2n) is 2.73. The zero-order valence-corrected chi connectivity index (χ0v) is 9.16. The molecule has 0 fully saturated rings. The molecule has 0 bridgehead atoms. The Morgan fingerprint density at radius 2 is 2.31 bits per heavy atom. The van der Waals surface area contributed by atoms with Gasteiger partial charge in [0.1, 0.15) is 0 Å². The molecule has 1 rings (SSSR count). The molecule has 0 saturated heterocycles. The minimum Gasteiger partial charge on any atom is -0.376 e. The first-order valence-electron chi connectivity index (χ1n) is 4.39. The van der Waals surface area contributed by atoms with Gasteiger partial charge in [-0.25, -0.2) is 0 Å². The van der Waals surface area contributed by atoms with Crippen molar-refractivity contribution in [3.63, 3.8) is 0 Å². The molecule has 1 aromatic carbocycles. The van der Waals surface area contributed by atoms with Gasteiger partial charge in [-0.3, -0.25) is 0 Å². The molecule has 0 spiro atoms. The van der Waals surface area contributed by atoms with Crippen LogP contribution >= 0.6 is 12.2 Å². The third-order valence-corrected chi connectivity index (χ3v) is 1.72. The van der Waals surface area contributed by atoms with Crippen LogP contribution < -0.4 is 11.1 Å². The largest absolute Gasteiger partial charge is 0.376 e. The summed E-state index contributed by atoms with van der Waals surface area (Å²) in [6, 6.07) is 7.34. The molecule has 5 nitrogen and oxygen atoms in total. The van der Waals surface area contributed by atoms with Gasteiger partial charge in [-0.1, -0.05) is 29.1 Å². The smallest absolute Gasteiger partial charge is 0.168 e. The van der Waals surface area contributed by atoms with Crippen molar-refractivity contribution in [3.05, 3.63) is 40.3 Å². The molecule has 0 amide bonds. The summed E-state index contributed by atoms with van der Waals surface area (Å²) in [7, 11) is 0. The van der Waals surface area contributed by atoms with Gasteiger partial charge in [-0.15, -0.1) is 0 Å². The molecule has 0 saturated carbocycles. The fraction of sp³-hybridized carbons (Fsp3) is 0.100. The lowest BCUT2D eigenvalue weighted by molar-refractivity contribution is 1.25. The molecule has 0 aromatic heterocycles. The Kier molecular flexibility index (Phi) is 4.67. The summed E-state index contributed by atoms with van der Waals surface area (Å²) in [6.45, 7) is 0.137. The summed E-state index contributed by atoms with van der Waals surface area (Å²) in [6.07, 6.45) is 0. The van der Waals surface area contributed by atoms with E-state index >= 15 is 0 Å². The molecule has 0 aliphatic heterocycles. The van der Waals surface area contributed by atoms with Gasteiger partial charge >= 0.3 is 0 Å². The Labute approximate surface area is 98.3 Å². The van der Waals surface area contributed by atoms with Crippen LogP contribution in [-0.4, -0.2) is 11.7 Å². The lowest BCUT2D eigenvalue weighted by atomic mass is 10.2. The molecule has 0 aliphatic rings. The first-order chi connectivity index (χ1) is 7.74. The van der Waals surface area contributed by atoms with Gasteiger partial charge in [0.2, 0.25) is 0 Å². The van der Waals surface area contributed by atoms with Crippen LogP contribution in [0, 0.1) is 11.8 Å². The van der Waals surface area contributed by atoms with E-state index in [2.05, 4.69) is 27.2 Å². The molecule has 1 aromatic rings. The number of hydrogen-bond donors (Lipinski definition) is 2. The van der Waals surface area contributed by atoms with E-state index in [-0.39, 0.29) is 11.7 Å². The molecule has 0 atom stereocenters. The SMILES string of the molecule is [N-]=[N+]=NCC#Cc1ccccc1NC(N)=S. The van der Waals surface area contributed by atoms with Crippen molar-refractivity contribution in [1.29, 1.82) is 0 Å². The molecule has 16 heavy (non-hydrogen) atoms. The van der Waals surface area contributed by atoms with Crippen molar-refractivity contribution in [3.8, 4) is 11.8 Å². The molecule has 0 unspecified atom stereocenters. The number of para-hydroxylation sites is 1. The summed E-state index contributed by atoms with van der Waals surface area (Å²) < 4.78 is 0. The second kappa shape index (κ2) is 6.30. The fourth-order valence-corrected chi connectivity index (χ4v) is 1.15. The van der Waals surface area contributed by atoms with Crippen LogP contribution in [0.3, 0.4) is 0 Å². The monoisotopic (exact) mass is 231 g/mol. The number of nitrogens with two attached hydrogens (primary N) is 1. The molecular weight excluding hydrogens is 222 g/mol. The van der Waals surface area contributed by atoms with Crippen molar-refractivity contribution in [1.82, 2.24) is 0 Å². The first kappa shape index (κ1) is 11.9. The maximum absolute atomic E-state index is 8.08. The number of hydrogen-bond acceptors (Lipinski definition) is 2. The Morgan fingerprint density at radius 1 is 1.56 bits per heavy atom. The van der Waals surface area contributed by atoms with Crippen molar-refractivity contribution in [2.45, 2.75) is 0 Å². The molecule has 0 radical (unpaired) electrons. The summed E-state index contributed by atoms with van der Waals surface area (Å²) in [4.78, 5) is 2.60. The number of azide groups is 1. The van der Waals surface area contributed by atoms with E-state index in [1.54, 1.807) is 0 Å². The van der Waals surface area contributed by atoms with Crippen LogP contribution in [0.5, 0.6) is 0 Å². The Morgan fingerprint density at radius 3 is 3.00 bits per heavy atom. The molecular formula is C10H9N5S. The molecule has 3 N–H and O–H groups in total. The first-order valence-corrected chi connectivity index (χ1v) is 4.80. The summed E-state index contributed by atoms with van der Waals surface area (Å²) in [5.74, 6) is 5.58. The summed E-state index contributed by atoms with van der Waals surface area (Å²) in [5, 5.41) is 6.32. The van der Waals surface area contributed by atoms with E-state index in [1.807, 2.05) is 24.3 Å². The van der Waals surface area contributed by atoms with E-state index in [4.69, 9.17) is 23.5 Å². The van der Waals surface area contributed by atoms with E-state index in [0.717, 1.165) is 11.3 Å². The number of rotatable bonds is 2. The predicted molar refractivity (Wildman–Crippen MR) is 67.7 cm³/mol. The van der Waals surface area contributed by atoms with Gasteiger partial charge in [0, 0.05) is 10.5 Å². The van der Waals surface area contributed by atoms with Crippen molar-refractivity contribution in [2.75, 3.05) is 11.9 Å². The standard InChI is InChI=1S/C10H9N5S/c11-10(16)14-9-6-2-1-4-8(9)5-3-7-13-15-12/h1-2,4,6H,7H2,(H3,11,14,16).